The first kappa shape index (κ1) is 12.6. The highest BCUT2D eigenvalue weighted by molar-refractivity contribution is 5.70. The molecule has 0 aliphatic heterocycles. The molecule has 1 aromatic rings. The van der Waals surface area contributed by atoms with E-state index >= 15 is 0 Å². The average Bonchev–Trinajstić information content (AvgIpc) is 2.63. The van der Waals surface area contributed by atoms with Crippen LogP contribution < -0.4 is 0 Å². The quantitative estimate of drug-likeness (QED) is 0.753. The molecule has 90 valence electrons. The molecule has 6 heteroatoms. The van der Waals surface area contributed by atoms with Gasteiger partial charge in [0, 0.05) is 0 Å². The molecule has 0 N–H and O–H groups in total. The molecular weight excluding hydrogens is 225 g/mol. The molecule has 1 aromatic heterocycles. The molecule has 0 saturated heterocycles. The lowest BCUT2D eigenvalue weighted by molar-refractivity contribution is -0.176. The summed E-state index contributed by atoms with van der Waals surface area (Å²) in [6, 6.07) is 3.13. The molecule has 0 spiro atoms. The van der Waals surface area contributed by atoms with Gasteiger partial charge in [0.25, 0.3) is 0 Å². The molecule has 0 aromatic carbocycles. The Morgan fingerprint density at radius 1 is 1.56 bits per heavy atom. The van der Waals surface area contributed by atoms with Crippen molar-refractivity contribution in [3.63, 3.8) is 0 Å². The van der Waals surface area contributed by atoms with Crippen LogP contribution in [0.1, 0.15) is 31.6 Å². The number of halogens is 3. The fraction of sp³-hybridized carbons (Fsp3) is 0.500. The third-order valence-corrected chi connectivity index (χ3v) is 1.85. The number of hydrogen-bond donors (Lipinski definition) is 0. The number of esters is 1. The van der Waals surface area contributed by atoms with Crippen molar-refractivity contribution in [3.8, 4) is 0 Å². The van der Waals surface area contributed by atoms with Gasteiger partial charge in [0.15, 0.2) is 6.10 Å². The molecule has 0 radical (unpaired) electrons. The van der Waals surface area contributed by atoms with Gasteiger partial charge in [-0.25, -0.2) is 0 Å². The van der Waals surface area contributed by atoms with Crippen LogP contribution in [0.4, 0.5) is 13.2 Å². The van der Waals surface area contributed by atoms with Crippen molar-refractivity contribution in [2.45, 2.75) is 32.0 Å². The molecule has 0 bridgehead atoms. The Morgan fingerprint density at radius 2 is 2.25 bits per heavy atom. The van der Waals surface area contributed by atoms with Gasteiger partial charge >= 0.3 is 12.1 Å². The lowest BCUT2D eigenvalue weighted by Gasteiger charge is -2.14. The maximum absolute atomic E-state index is 11.9. The first-order chi connectivity index (χ1) is 7.42. The minimum absolute atomic E-state index is 0.345. The predicted octanol–water partition coefficient (Wildman–Crippen LogP) is 3.23. The largest absolute Gasteiger partial charge is 0.465 e. The Labute approximate surface area is 90.2 Å². The van der Waals surface area contributed by atoms with E-state index in [0.29, 0.717) is 12.2 Å². The van der Waals surface area contributed by atoms with Crippen molar-refractivity contribution in [1.82, 2.24) is 0 Å². The van der Waals surface area contributed by atoms with E-state index in [9.17, 15) is 18.0 Å². The summed E-state index contributed by atoms with van der Waals surface area (Å²) in [6.07, 6.45) is -5.15. The average molecular weight is 236 g/mol. The number of carbonyl (C=O) groups excluding carboxylic acids is 1. The van der Waals surface area contributed by atoms with Crippen molar-refractivity contribution in [2.75, 3.05) is 0 Å². The summed E-state index contributed by atoms with van der Waals surface area (Å²) < 4.78 is 45.3. The normalized spacial score (nSPS) is 13.5. The highest BCUT2D eigenvalue weighted by atomic mass is 19.4. The van der Waals surface area contributed by atoms with Crippen LogP contribution in [0.25, 0.3) is 0 Å². The zero-order valence-corrected chi connectivity index (χ0v) is 8.58. The second-order valence-electron chi connectivity index (χ2n) is 3.19. The van der Waals surface area contributed by atoms with E-state index in [1.54, 1.807) is 19.1 Å². The summed E-state index contributed by atoms with van der Waals surface area (Å²) in [6.45, 7) is 1.69. The first-order valence-corrected chi connectivity index (χ1v) is 4.72. The summed E-state index contributed by atoms with van der Waals surface area (Å²) in [5, 5.41) is 0. The zero-order valence-electron chi connectivity index (χ0n) is 8.58. The van der Waals surface area contributed by atoms with Crippen molar-refractivity contribution >= 4 is 5.97 Å². The van der Waals surface area contributed by atoms with Gasteiger partial charge in [-0.2, -0.15) is 13.2 Å². The Balaban J connectivity index is 2.55. The Hall–Kier alpha value is -1.46. The minimum Gasteiger partial charge on any atom is -0.465 e. The van der Waals surface area contributed by atoms with Crippen molar-refractivity contribution in [2.24, 2.45) is 0 Å². The van der Waals surface area contributed by atoms with Crippen molar-refractivity contribution in [3.05, 3.63) is 24.2 Å². The molecule has 3 nitrogen and oxygen atoms in total. The summed E-state index contributed by atoms with van der Waals surface area (Å²) in [5.41, 5.74) is 0. The maximum atomic E-state index is 11.9. The molecular formula is C10H11F3O3. The first-order valence-electron chi connectivity index (χ1n) is 4.72. The Morgan fingerprint density at radius 3 is 2.69 bits per heavy atom. The SMILES string of the molecule is CCC(OC(=O)CC(F)(F)F)c1ccco1. The van der Waals surface area contributed by atoms with Crippen molar-refractivity contribution < 1.29 is 27.1 Å². The second kappa shape index (κ2) is 5.05. The molecule has 1 atom stereocenters. The number of hydrogen-bond acceptors (Lipinski definition) is 3. The highest BCUT2D eigenvalue weighted by Gasteiger charge is 2.33. The van der Waals surface area contributed by atoms with E-state index in [1.165, 1.54) is 6.26 Å². The fourth-order valence-corrected chi connectivity index (χ4v) is 1.18. The summed E-state index contributed by atoms with van der Waals surface area (Å²) in [4.78, 5) is 10.9. The number of furan rings is 1. The van der Waals surface area contributed by atoms with Gasteiger partial charge in [0.05, 0.1) is 6.26 Å². The van der Waals surface area contributed by atoms with Crippen LogP contribution in [0.2, 0.25) is 0 Å². The van der Waals surface area contributed by atoms with E-state index in [4.69, 9.17) is 4.42 Å². The molecule has 16 heavy (non-hydrogen) atoms. The van der Waals surface area contributed by atoms with Gasteiger partial charge in [-0.05, 0) is 18.6 Å². The Bertz CT molecular complexity index is 330. The molecule has 0 fully saturated rings. The Kier molecular flexibility index (Phi) is 3.98. The topological polar surface area (TPSA) is 39.4 Å². The van der Waals surface area contributed by atoms with E-state index in [0.717, 1.165) is 0 Å². The van der Waals surface area contributed by atoms with Crippen LogP contribution in [0.3, 0.4) is 0 Å². The monoisotopic (exact) mass is 236 g/mol. The van der Waals surface area contributed by atoms with E-state index < -0.39 is 24.7 Å². The molecule has 0 aliphatic rings. The fourth-order valence-electron chi connectivity index (χ4n) is 1.18. The smallest absolute Gasteiger partial charge is 0.399 e. The van der Waals surface area contributed by atoms with Crippen LogP contribution in [0.5, 0.6) is 0 Å². The molecule has 1 heterocycles. The van der Waals surface area contributed by atoms with E-state index in [-0.39, 0.29) is 0 Å². The third kappa shape index (κ3) is 3.96. The van der Waals surface area contributed by atoms with Gasteiger partial charge in [-0.1, -0.05) is 6.92 Å². The lowest BCUT2D eigenvalue weighted by Crippen LogP contribution is -2.19. The standard InChI is InChI=1S/C10H11F3O3/c1-2-7(8-4-3-5-15-8)16-9(14)6-10(11,12)13/h3-5,7H,2,6H2,1H3. The zero-order chi connectivity index (χ0) is 12.2. The number of carbonyl (C=O) groups is 1. The van der Waals surface area contributed by atoms with Crippen LogP contribution in [-0.4, -0.2) is 12.1 Å². The van der Waals surface area contributed by atoms with Crippen LogP contribution in [-0.2, 0) is 9.53 Å². The van der Waals surface area contributed by atoms with E-state index in [2.05, 4.69) is 4.74 Å². The summed E-state index contributed by atoms with van der Waals surface area (Å²) >= 11 is 0. The third-order valence-electron chi connectivity index (χ3n) is 1.85. The van der Waals surface area contributed by atoms with Crippen LogP contribution in [0, 0.1) is 0 Å². The minimum atomic E-state index is -4.54. The lowest BCUT2D eigenvalue weighted by atomic mass is 10.2. The van der Waals surface area contributed by atoms with Gasteiger partial charge in [-0.3, -0.25) is 4.79 Å². The van der Waals surface area contributed by atoms with Gasteiger partial charge < -0.3 is 9.15 Å². The second-order valence-corrected chi connectivity index (χ2v) is 3.19. The van der Waals surface area contributed by atoms with E-state index in [1.807, 2.05) is 0 Å². The van der Waals surface area contributed by atoms with Gasteiger partial charge in [-0.15, -0.1) is 0 Å². The van der Waals surface area contributed by atoms with Gasteiger partial charge in [0.2, 0.25) is 0 Å². The summed E-state index contributed by atoms with van der Waals surface area (Å²) in [5.74, 6) is -0.950. The molecule has 0 aliphatic carbocycles. The molecule has 0 saturated carbocycles. The van der Waals surface area contributed by atoms with Gasteiger partial charge in [0.1, 0.15) is 12.2 Å². The predicted molar refractivity (Wildman–Crippen MR) is 48.5 cm³/mol. The number of ether oxygens (including phenoxy) is 1. The highest BCUT2D eigenvalue weighted by Crippen LogP contribution is 2.25. The molecule has 0 amide bonds. The molecule has 1 unspecified atom stereocenters. The number of alkyl halides is 3. The van der Waals surface area contributed by atoms with Crippen LogP contribution >= 0.6 is 0 Å². The number of rotatable bonds is 4. The molecule has 1 rings (SSSR count). The summed E-state index contributed by atoms with van der Waals surface area (Å²) in [7, 11) is 0. The van der Waals surface area contributed by atoms with Crippen molar-refractivity contribution in [1.29, 1.82) is 0 Å². The maximum Gasteiger partial charge on any atom is 0.399 e. The van der Waals surface area contributed by atoms with Crippen LogP contribution in [0.15, 0.2) is 22.8 Å².